The Hall–Kier alpha value is -7.76. The first kappa shape index (κ1) is 39.4. The molecule has 1 aliphatic carbocycles. The number of benzene rings is 9. The van der Waals surface area contributed by atoms with Crippen LogP contribution in [0.5, 0.6) is 11.5 Å². The molecule has 0 fully saturated rings. The minimum absolute atomic E-state index is 0.734. The van der Waals surface area contributed by atoms with Crippen LogP contribution in [0.1, 0.15) is 22.3 Å². The molecule has 0 aromatic heterocycles. The van der Waals surface area contributed by atoms with Gasteiger partial charge in [0.25, 0.3) is 0 Å². The van der Waals surface area contributed by atoms with Gasteiger partial charge in [-0.3, -0.25) is 0 Å². The van der Waals surface area contributed by atoms with E-state index in [1.54, 1.807) is 21.3 Å². The molecule has 9 aromatic rings. The topological polar surface area (TPSA) is 34.2 Å². The van der Waals surface area contributed by atoms with Crippen LogP contribution in [0.2, 0.25) is 0 Å². The van der Waals surface area contributed by atoms with Gasteiger partial charge >= 0.3 is 0 Å². The molecule has 5 nitrogen and oxygen atoms in total. The monoisotopic (exact) mass is 820 g/mol. The highest BCUT2D eigenvalue weighted by molar-refractivity contribution is 6.09. The largest absolute Gasteiger partial charge is 0.495 e. The van der Waals surface area contributed by atoms with E-state index < -0.39 is 0 Å². The normalized spacial score (nSPS) is 12.4. The molecule has 0 radical (unpaired) electrons. The average molecular weight is 821 g/mol. The van der Waals surface area contributed by atoms with E-state index in [-0.39, 0.29) is 0 Å². The molecule has 0 N–H and O–H groups in total. The molecule has 0 saturated heterocycles. The Bertz CT molecular complexity index is 3200. The summed E-state index contributed by atoms with van der Waals surface area (Å²) in [5, 5.41) is 6.71. The summed E-state index contributed by atoms with van der Waals surface area (Å²) in [4.78, 5) is 4.68. The lowest BCUT2D eigenvalue weighted by Gasteiger charge is -2.35. The van der Waals surface area contributed by atoms with Crippen LogP contribution >= 0.6 is 0 Å². The number of hydrogen-bond acceptors (Lipinski definition) is 5. The predicted molar refractivity (Wildman–Crippen MR) is 263 cm³/mol. The molecule has 0 heterocycles. The van der Waals surface area contributed by atoms with Crippen LogP contribution in [-0.2, 0) is 11.2 Å². The van der Waals surface area contributed by atoms with Gasteiger partial charge in [-0.05, 0) is 106 Å². The van der Waals surface area contributed by atoms with E-state index in [1.807, 2.05) is 0 Å². The number of rotatable bonds is 10. The summed E-state index contributed by atoms with van der Waals surface area (Å²) in [7, 11) is 5.23. The van der Waals surface area contributed by atoms with E-state index in [4.69, 9.17) is 14.2 Å². The quantitative estimate of drug-likeness (QED) is 0.137. The van der Waals surface area contributed by atoms with Crippen LogP contribution < -0.4 is 19.3 Å². The van der Waals surface area contributed by atoms with Crippen LogP contribution in [0, 0.1) is 13.8 Å². The zero-order valence-corrected chi connectivity index (χ0v) is 36.3. The molecule has 0 amide bonds. The maximum atomic E-state index is 6.24. The van der Waals surface area contributed by atoms with Crippen LogP contribution in [0.25, 0.3) is 49.1 Å². The molecular weight excluding hydrogens is 773 g/mol. The first-order valence-electron chi connectivity index (χ1n) is 21.3. The molecule has 5 heteroatoms. The average Bonchev–Trinajstić information content (AvgIpc) is 3.32. The molecule has 308 valence electrons. The highest BCUT2D eigenvalue weighted by Crippen LogP contribution is 2.51. The molecule has 9 aromatic carbocycles. The second kappa shape index (κ2) is 16.3. The minimum atomic E-state index is 0.734. The molecule has 63 heavy (non-hydrogen) atoms. The third kappa shape index (κ3) is 6.74. The molecule has 0 bridgehead atoms. The van der Waals surface area contributed by atoms with E-state index >= 15 is 0 Å². The standard InChI is InChI=1S/C58H48N2O3/c1-37-35-44(59(52-25-15-20-40-16-7-11-21-48(40)52)57-51-24-14-10-19-43(51)34-39(3)58(57)63-6)28-30-46(37)47-31-29-45(36-38(47)2)60(55-49-22-12-8-17-41(49)26-32-53(55)61-4)56-50-23-13-9-18-42(50)27-33-54(56)62-5/h7-33,35-36H,3,34H2,1-2,4-6H3. The Labute approximate surface area is 369 Å². The maximum absolute atomic E-state index is 6.24. The van der Waals surface area contributed by atoms with Gasteiger partial charge in [0.2, 0.25) is 0 Å². The van der Waals surface area contributed by atoms with E-state index in [0.29, 0.717) is 0 Å². The van der Waals surface area contributed by atoms with Crippen molar-refractivity contribution in [2.24, 2.45) is 0 Å². The van der Waals surface area contributed by atoms with Crippen LogP contribution in [0.3, 0.4) is 0 Å². The van der Waals surface area contributed by atoms with Crippen molar-refractivity contribution in [2.75, 3.05) is 31.1 Å². The van der Waals surface area contributed by atoms with E-state index in [0.717, 1.165) is 118 Å². The number of nitrogens with zero attached hydrogens (tertiary/aromatic N) is 2. The second-order valence-corrected chi connectivity index (χ2v) is 16.2. The fourth-order valence-corrected chi connectivity index (χ4v) is 9.57. The number of allylic oxidation sites excluding steroid dienone is 1. The lowest BCUT2D eigenvalue weighted by atomic mass is 9.88. The molecule has 0 atom stereocenters. The van der Waals surface area contributed by atoms with Gasteiger partial charge in [-0.15, -0.1) is 0 Å². The Balaban J connectivity index is 1.15. The third-order valence-corrected chi connectivity index (χ3v) is 12.5. The first-order chi connectivity index (χ1) is 30.9. The highest BCUT2D eigenvalue weighted by Gasteiger charge is 2.30. The van der Waals surface area contributed by atoms with Gasteiger partial charge in [-0.1, -0.05) is 140 Å². The lowest BCUT2D eigenvalue weighted by Crippen LogP contribution is -2.23. The van der Waals surface area contributed by atoms with Crippen LogP contribution in [0.15, 0.2) is 194 Å². The molecule has 0 unspecified atom stereocenters. The van der Waals surface area contributed by atoms with E-state index in [1.165, 1.54) is 10.9 Å². The first-order valence-corrected chi connectivity index (χ1v) is 21.3. The van der Waals surface area contributed by atoms with Crippen molar-refractivity contribution in [1.82, 2.24) is 0 Å². The van der Waals surface area contributed by atoms with Crippen LogP contribution in [0.4, 0.5) is 28.4 Å². The second-order valence-electron chi connectivity index (χ2n) is 16.2. The van der Waals surface area contributed by atoms with Crippen molar-refractivity contribution in [3.8, 4) is 22.6 Å². The van der Waals surface area contributed by atoms with Crippen molar-refractivity contribution < 1.29 is 14.2 Å². The van der Waals surface area contributed by atoms with Crippen molar-refractivity contribution >= 4 is 66.5 Å². The lowest BCUT2D eigenvalue weighted by molar-refractivity contribution is 0.300. The van der Waals surface area contributed by atoms with Gasteiger partial charge in [-0.2, -0.15) is 0 Å². The summed E-state index contributed by atoms with van der Waals surface area (Å²) in [6.45, 7) is 8.92. The molecule has 0 saturated carbocycles. The number of anilines is 5. The number of ether oxygens (including phenoxy) is 3. The Morgan fingerprint density at radius 1 is 0.444 bits per heavy atom. The third-order valence-electron chi connectivity index (χ3n) is 12.5. The van der Waals surface area contributed by atoms with Gasteiger partial charge < -0.3 is 24.0 Å². The Kier molecular flexibility index (Phi) is 10.2. The molecule has 0 aliphatic heterocycles. The fourth-order valence-electron chi connectivity index (χ4n) is 9.57. The summed E-state index contributed by atoms with van der Waals surface area (Å²) in [6.07, 6.45) is 0.734. The summed E-state index contributed by atoms with van der Waals surface area (Å²) in [5.74, 6) is 2.33. The summed E-state index contributed by atoms with van der Waals surface area (Å²) < 4.78 is 18.6. The zero-order chi connectivity index (χ0) is 43.2. The van der Waals surface area contributed by atoms with Crippen LogP contribution in [-0.4, -0.2) is 21.3 Å². The van der Waals surface area contributed by atoms with E-state index in [9.17, 15) is 0 Å². The number of hydrogen-bond donors (Lipinski definition) is 0. The summed E-state index contributed by atoms with van der Waals surface area (Å²) in [6, 6.07) is 62.6. The van der Waals surface area contributed by atoms with Gasteiger partial charge in [0.1, 0.15) is 17.3 Å². The summed E-state index contributed by atoms with van der Waals surface area (Å²) in [5.41, 5.74) is 13.9. The van der Waals surface area contributed by atoms with Gasteiger partial charge in [0, 0.05) is 39.5 Å². The van der Waals surface area contributed by atoms with Crippen molar-refractivity contribution in [2.45, 2.75) is 20.3 Å². The Morgan fingerprint density at radius 2 is 0.937 bits per heavy atom. The number of methoxy groups -OCH3 is 3. The zero-order valence-electron chi connectivity index (χ0n) is 36.3. The Morgan fingerprint density at radius 3 is 1.49 bits per heavy atom. The van der Waals surface area contributed by atoms with Crippen molar-refractivity contribution in [3.63, 3.8) is 0 Å². The maximum Gasteiger partial charge on any atom is 0.146 e. The smallest absolute Gasteiger partial charge is 0.146 e. The minimum Gasteiger partial charge on any atom is -0.495 e. The van der Waals surface area contributed by atoms with Gasteiger partial charge in [-0.25, -0.2) is 0 Å². The van der Waals surface area contributed by atoms with Gasteiger partial charge in [0.15, 0.2) is 0 Å². The van der Waals surface area contributed by atoms with Crippen molar-refractivity contribution in [3.05, 3.63) is 216 Å². The predicted octanol–water partition coefficient (Wildman–Crippen LogP) is 15.2. The van der Waals surface area contributed by atoms with Crippen molar-refractivity contribution in [1.29, 1.82) is 0 Å². The van der Waals surface area contributed by atoms with E-state index in [2.05, 4.69) is 206 Å². The van der Waals surface area contributed by atoms with Gasteiger partial charge in [0.05, 0.1) is 44.1 Å². The highest BCUT2D eigenvalue weighted by atomic mass is 16.5. The molecule has 0 spiro atoms. The number of aryl methyl sites for hydroxylation is 2. The molecule has 10 rings (SSSR count). The molecule has 1 aliphatic rings. The SMILES string of the molecule is C=C1Cc2ccccc2C(N(c2ccc(-c3ccc(N(c4c(OC)ccc5ccccc45)c4c(OC)ccc5ccccc45)cc3C)c(C)c2)c2cccc3ccccc23)=C1OC. The molecular formula is C58H48N2O3. The number of fused-ring (bicyclic) bond motifs is 4. The summed E-state index contributed by atoms with van der Waals surface area (Å²) >= 11 is 0. The fraction of sp³-hybridized carbons (Fsp3) is 0.103.